The first-order valence-electron chi connectivity index (χ1n) is 7.27. The van der Waals surface area contributed by atoms with Gasteiger partial charge < -0.3 is 20.5 Å². The summed E-state index contributed by atoms with van der Waals surface area (Å²) >= 11 is 2.19. The minimum atomic E-state index is -0.842. The Morgan fingerprint density at radius 2 is 1.87 bits per heavy atom. The Bertz CT molecular complexity index is 517. The number of hydrogen-bond donors (Lipinski definition) is 2. The van der Waals surface area contributed by atoms with E-state index in [0.717, 1.165) is 5.56 Å². The molecule has 1 rings (SSSR count). The number of halogens is 1. The minimum absolute atomic E-state index is 0.127. The van der Waals surface area contributed by atoms with Crippen LogP contribution in [0.5, 0.6) is 0 Å². The van der Waals surface area contributed by atoms with Gasteiger partial charge in [-0.3, -0.25) is 0 Å². The van der Waals surface area contributed by atoms with Gasteiger partial charge >= 0.3 is 12.2 Å². The summed E-state index contributed by atoms with van der Waals surface area (Å²) < 4.78 is 11.1. The monoisotopic (exact) mass is 434 g/mol. The van der Waals surface area contributed by atoms with Crippen molar-refractivity contribution in [3.63, 3.8) is 0 Å². The third-order valence-electron chi connectivity index (χ3n) is 2.91. The van der Waals surface area contributed by atoms with Gasteiger partial charge in [-0.15, -0.1) is 0 Å². The van der Waals surface area contributed by atoms with Gasteiger partial charge in [0.25, 0.3) is 0 Å². The lowest BCUT2D eigenvalue weighted by molar-refractivity contribution is 0.0475. The molecule has 2 amide bonds. The summed E-state index contributed by atoms with van der Waals surface area (Å²) in [6, 6.07) is 9.32. The van der Waals surface area contributed by atoms with Crippen molar-refractivity contribution in [2.75, 3.05) is 11.0 Å². The Morgan fingerprint density at radius 1 is 1.26 bits per heavy atom. The van der Waals surface area contributed by atoms with Crippen LogP contribution in [-0.2, 0) is 9.47 Å². The molecule has 6 nitrogen and oxygen atoms in total. The first-order valence-corrected chi connectivity index (χ1v) is 8.79. The number of benzene rings is 1. The van der Waals surface area contributed by atoms with Gasteiger partial charge in [0.05, 0.1) is 0 Å². The zero-order valence-electron chi connectivity index (χ0n) is 13.5. The fourth-order valence-electron chi connectivity index (χ4n) is 1.98. The van der Waals surface area contributed by atoms with Crippen molar-refractivity contribution in [3.8, 4) is 0 Å². The highest BCUT2D eigenvalue weighted by atomic mass is 127. The van der Waals surface area contributed by atoms with Crippen LogP contribution in [0.25, 0.3) is 0 Å². The predicted octanol–water partition coefficient (Wildman–Crippen LogP) is 3.40. The second-order valence-electron chi connectivity index (χ2n) is 6.07. The topological polar surface area (TPSA) is 90.7 Å². The molecule has 128 valence electrons. The number of alkyl halides is 1. The van der Waals surface area contributed by atoms with Gasteiger partial charge in [0, 0.05) is 16.9 Å². The Morgan fingerprint density at radius 3 is 2.35 bits per heavy atom. The molecular formula is C16H23IN2O4. The van der Waals surface area contributed by atoms with Gasteiger partial charge in [-0.2, -0.15) is 0 Å². The molecule has 0 aliphatic heterocycles. The van der Waals surface area contributed by atoms with Crippen LogP contribution in [0.3, 0.4) is 0 Å². The zero-order valence-corrected chi connectivity index (χ0v) is 15.7. The number of ether oxygens (including phenoxy) is 2. The number of alkyl carbamates (subject to hydrolysis) is 1. The molecule has 0 saturated carbocycles. The third-order valence-corrected chi connectivity index (χ3v) is 4.04. The predicted molar refractivity (Wildman–Crippen MR) is 96.5 cm³/mol. The molecule has 2 unspecified atom stereocenters. The molecule has 1 aromatic carbocycles. The van der Waals surface area contributed by atoms with Crippen molar-refractivity contribution in [3.05, 3.63) is 35.9 Å². The fourth-order valence-corrected chi connectivity index (χ4v) is 2.75. The third kappa shape index (κ3) is 7.54. The van der Waals surface area contributed by atoms with Crippen LogP contribution in [0, 0.1) is 5.92 Å². The van der Waals surface area contributed by atoms with Crippen LogP contribution < -0.4 is 11.1 Å². The number of amides is 2. The quantitative estimate of drug-likeness (QED) is 0.531. The maximum atomic E-state index is 11.8. The summed E-state index contributed by atoms with van der Waals surface area (Å²) in [5.41, 5.74) is 5.46. The van der Waals surface area contributed by atoms with Gasteiger partial charge in [0.2, 0.25) is 0 Å². The molecule has 3 N–H and O–H groups in total. The molecule has 0 radical (unpaired) electrons. The van der Waals surface area contributed by atoms with E-state index in [1.165, 1.54) is 0 Å². The summed E-state index contributed by atoms with van der Waals surface area (Å²) in [6.45, 7) is 5.70. The molecule has 0 aliphatic carbocycles. The van der Waals surface area contributed by atoms with Crippen LogP contribution in [0.2, 0.25) is 0 Å². The Balaban J connectivity index is 2.77. The second kappa shape index (κ2) is 8.95. The van der Waals surface area contributed by atoms with Gasteiger partial charge in [0.1, 0.15) is 11.7 Å². The van der Waals surface area contributed by atoms with Crippen LogP contribution >= 0.6 is 22.6 Å². The van der Waals surface area contributed by atoms with Crippen molar-refractivity contribution in [2.24, 2.45) is 11.7 Å². The Kier molecular flexibility index (Phi) is 7.60. The summed E-state index contributed by atoms with van der Waals surface area (Å²) in [6.07, 6.45) is -1.87. The van der Waals surface area contributed by atoms with Crippen molar-refractivity contribution in [1.82, 2.24) is 5.32 Å². The van der Waals surface area contributed by atoms with Crippen molar-refractivity contribution < 1.29 is 19.1 Å². The highest BCUT2D eigenvalue weighted by Gasteiger charge is 2.27. The van der Waals surface area contributed by atoms with E-state index in [1.54, 1.807) is 20.8 Å². The molecule has 0 fully saturated rings. The van der Waals surface area contributed by atoms with Gasteiger partial charge in [-0.1, -0.05) is 52.9 Å². The van der Waals surface area contributed by atoms with E-state index in [2.05, 4.69) is 27.9 Å². The van der Waals surface area contributed by atoms with Gasteiger partial charge in [-0.25, -0.2) is 9.59 Å². The fraction of sp³-hybridized carbons (Fsp3) is 0.500. The highest BCUT2D eigenvalue weighted by Crippen LogP contribution is 2.27. The lowest BCUT2D eigenvalue weighted by Gasteiger charge is -2.26. The maximum absolute atomic E-state index is 11.8. The van der Waals surface area contributed by atoms with Crippen LogP contribution in [0.1, 0.15) is 32.4 Å². The van der Waals surface area contributed by atoms with E-state index in [0.29, 0.717) is 11.0 Å². The number of nitrogens with one attached hydrogen (secondary N) is 1. The summed E-state index contributed by atoms with van der Waals surface area (Å²) in [4.78, 5) is 23.0. The molecule has 7 heteroatoms. The molecule has 0 saturated heterocycles. The largest absolute Gasteiger partial charge is 0.444 e. The van der Waals surface area contributed by atoms with Crippen LogP contribution in [0.15, 0.2) is 30.3 Å². The molecule has 1 aromatic rings. The van der Waals surface area contributed by atoms with E-state index in [4.69, 9.17) is 15.2 Å². The number of carbonyl (C=O) groups is 2. The van der Waals surface area contributed by atoms with E-state index < -0.39 is 23.9 Å². The zero-order chi connectivity index (χ0) is 17.5. The van der Waals surface area contributed by atoms with Crippen molar-refractivity contribution in [1.29, 1.82) is 0 Å². The Hall–Kier alpha value is -1.51. The number of rotatable bonds is 6. The minimum Gasteiger partial charge on any atom is -0.444 e. The molecule has 2 atom stereocenters. The molecular weight excluding hydrogens is 411 g/mol. The number of hydrogen-bond acceptors (Lipinski definition) is 4. The number of nitrogens with two attached hydrogens (primary N) is 1. The summed E-state index contributed by atoms with van der Waals surface area (Å²) in [7, 11) is 0. The van der Waals surface area contributed by atoms with E-state index in [-0.39, 0.29) is 5.92 Å². The van der Waals surface area contributed by atoms with Crippen molar-refractivity contribution >= 4 is 34.8 Å². The highest BCUT2D eigenvalue weighted by molar-refractivity contribution is 14.1. The van der Waals surface area contributed by atoms with Crippen molar-refractivity contribution in [2.45, 2.75) is 32.5 Å². The standard InChI is InChI=1S/C16H23IN2O4/c1-16(2,3)23-15(21)19-10-12(9-17)13(22-14(18)20)11-7-5-4-6-8-11/h4-8,12-13H,9-10H2,1-3H3,(H2,18,20)(H,19,21). The molecule has 23 heavy (non-hydrogen) atoms. The number of primary amides is 1. The first kappa shape index (κ1) is 19.5. The van der Waals surface area contributed by atoms with E-state index in [9.17, 15) is 9.59 Å². The maximum Gasteiger partial charge on any atom is 0.407 e. The number of carbonyl (C=O) groups excluding carboxylic acids is 2. The average molecular weight is 434 g/mol. The Labute approximate surface area is 150 Å². The van der Waals surface area contributed by atoms with E-state index >= 15 is 0 Å². The molecule has 0 heterocycles. The SMILES string of the molecule is CC(C)(C)OC(=O)NCC(CI)C(OC(N)=O)c1ccccc1. The molecule has 0 aromatic heterocycles. The lowest BCUT2D eigenvalue weighted by Crippen LogP contribution is -2.38. The van der Waals surface area contributed by atoms with Gasteiger partial charge in [-0.05, 0) is 26.3 Å². The normalized spacial score (nSPS) is 13.7. The smallest absolute Gasteiger partial charge is 0.407 e. The van der Waals surface area contributed by atoms with Gasteiger partial charge in [0.15, 0.2) is 0 Å². The van der Waals surface area contributed by atoms with Crippen LogP contribution in [0.4, 0.5) is 9.59 Å². The molecule has 0 spiro atoms. The van der Waals surface area contributed by atoms with E-state index in [1.807, 2.05) is 30.3 Å². The molecule has 0 bridgehead atoms. The second-order valence-corrected chi connectivity index (χ2v) is 6.95. The lowest BCUT2D eigenvalue weighted by atomic mass is 9.97. The summed E-state index contributed by atoms with van der Waals surface area (Å²) in [5, 5.41) is 2.72. The average Bonchev–Trinajstić information content (AvgIpc) is 2.45. The molecule has 0 aliphatic rings. The van der Waals surface area contributed by atoms with Crippen LogP contribution in [-0.4, -0.2) is 28.8 Å². The first-order chi connectivity index (χ1) is 10.7. The summed E-state index contributed by atoms with van der Waals surface area (Å²) in [5.74, 6) is -0.127.